The number of nitrogens with zero attached hydrogens (tertiary/aromatic N) is 2. The summed E-state index contributed by atoms with van der Waals surface area (Å²) in [6.45, 7) is 2.18. The number of aromatic nitrogens is 2. The van der Waals surface area contributed by atoms with Crippen LogP contribution in [0.25, 0.3) is 0 Å². The predicted octanol–water partition coefficient (Wildman–Crippen LogP) is 1.01. The van der Waals surface area contributed by atoms with Crippen LogP contribution < -0.4 is 16.0 Å². The first-order chi connectivity index (χ1) is 9.55. The molecule has 1 saturated carbocycles. The molecule has 0 aliphatic heterocycles. The second-order valence-electron chi connectivity index (χ2n) is 5.13. The van der Waals surface area contributed by atoms with Crippen molar-refractivity contribution in [2.45, 2.75) is 50.0 Å². The van der Waals surface area contributed by atoms with Crippen LogP contribution in [0.1, 0.15) is 39.0 Å². The Morgan fingerprint density at radius 2 is 1.85 bits per heavy atom. The summed E-state index contributed by atoms with van der Waals surface area (Å²) in [7, 11) is -3.55. The molecule has 0 saturated heterocycles. The van der Waals surface area contributed by atoms with Gasteiger partial charge in [0.05, 0.1) is 12.4 Å². The third kappa shape index (κ3) is 3.65. The maximum absolute atomic E-state index is 12.2. The zero-order chi connectivity index (χ0) is 14.6. The molecule has 0 unspecified atom stereocenters. The second-order valence-corrected chi connectivity index (χ2v) is 6.85. The minimum absolute atomic E-state index is 0.00936. The Kier molecular flexibility index (Phi) is 4.90. The number of anilines is 1. The van der Waals surface area contributed by atoms with Crippen LogP contribution in [0.2, 0.25) is 0 Å². The summed E-state index contributed by atoms with van der Waals surface area (Å²) in [6.07, 6.45) is 7.61. The molecule has 112 valence electrons. The van der Waals surface area contributed by atoms with Crippen LogP contribution in [-0.2, 0) is 10.0 Å². The van der Waals surface area contributed by atoms with E-state index in [2.05, 4.69) is 27.0 Å². The van der Waals surface area contributed by atoms with E-state index in [1.165, 1.54) is 18.8 Å². The summed E-state index contributed by atoms with van der Waals surface area (Å²) in [5.74, 6) is 6.06. The van der Waals surface area contributed by atoms with Gasteiger partial charge in [-0.05, 0) is 31.6 Å². The molecule has 1 aliphatic rings. The van der Waals surface area contributed by atoms with Crippen molar-refractivity contribution >= 4 is 16.0 Å². The molecule has 2 rings (SSSR count). The van der Waals surface area contributed by atoms with Crippen LogP contribution in [0.15, 0.2) is 17.3 Å². The molecule has 8 heteroatoms. The maximum atomic E-state index is 12.2. The molecule has 20 heavy (non-hydrogen) atoms. The fourth-order valence-electron chi connectivity index (χ4n) is 2.51. The molecule has 0 aromatic carbocycles. The van der Waals surface area contributed by atoms with Crippen LogP contribution >= 0.6 is 0 Å². The van der Waals surface area contributed by atoms with Crippen molar-refractivity contribution in [3.05, 3.63) is 12.4 Å². The number of hydrogen-bond donors (Lipinski definition) is 3. The van der Waals surface area contributed by atoms with Crippen LogP contribution in [0, 0.1) is 5.92 Å². The largest absolute Gasteiger partial charge is 0.292 e. The summed E-state index contributed by atoms with van der Waals surface area (Å²) in [5.41, 5.74) is 2.26. The molecule has 1 heterocycles. The van der Waals surface area contributed by atoms with E-state index in [4.69, 9.17) is 5.84 Å². The molecule has 0 amide bonds. The summed E-state index contributed by atoms with van der Waals surface area (Å²) >= 11 is 0. The molecule has 1 fully saturated rings. The van der Waals surface area contributed by atoms with Gasteiger partial charge in [-0.3, -0.25) is 5.43 Å². The van der Waals surface area contributed by atoms with Crippen LogP contribution in [-0.4, -0.2) is 24.4 Å². The number of hydrazine groups is 1. The lowest BCUT2D eigenvalue weighted by molar-refractivity contribution is 0.306. The maximum Gasteiger partial charge on any atom is 0.243 e. The van der Waals surface area contributed by atoms with Crippen molar-refractivity contribution in [3.8, 4) is 0 Å². The van der Waals surface area contributed by atoms with Gasteiger partial charge in [-0.2, -0.15) is 0 Å². The average Bonchev–Trinajstić information content (AvgIpc) is 2.48. The zero-order valence-electron chi connectivity index (χ0n) is 11.5. The smallest absolute Gasteiger partial charge is 0.243 e. The Labute approximate surface area is 119 Å². The highest BCUT2D eigenvalue weighted by Crippen LogP contribution is 2.27. The van der Waals surface area contributed by atoms with Gasteiger partial charge in [0.2, 0.25) is 16.0 Å². The first-order valence-corrected chi connectivity index (χ1v) is 8.34. The monoisotopic (exact) mass is 299 g/mol. The van der Waals surface area contributed by atoms with Gasteiger partial charge in [0.15, 0.2) is 0 Å². The second kappa shape index (κ2) is 6.47. The third-order valence-electron chi connectivity index (χ3n) is 3.81. The summed E-state index contributed by atoms with van der Waals surface area (Å²) in [4.78, 5) is 7.69. The van der Waals surface area contributed by atoms with Crippen molar-refractivity contribution in [2.75, 3.05) is 5.43 Å². The molecule has 0 atom stereocenters. The van der Waals surface area contributed by atoms with E-state index >= 15 is 0 Å². The number of hydrogen-bond acceptors (Lipinski definition) is 6. The minimum Gasteiger partial charge on any atom is -0.292 e. The Hall–Kier alpha value is -1.25. The SMILES string of the molecule is CCC1CCC(NS(=O)(=O)c2cnc(NN)nc2)CC1. The molecule has 1 aliphatic carbocycles. The fraction of sp³-hybridized carbons (Fsp3) is 0.667. The Bertz CT molecular complexity index is 523. The molecule has 0 spiro atoms. The van der Waals surface area contributed by atoms with Gasteiger partial charge in [0, 0.05) is 6.04 Å². The molecule has 1 aromatic heterocycles. The highest BCUT2D eigenvalue weighted by molar-refractivity contribution is 7.89. The van der Waals surface area contributed by atoms with E-state index in [0.29, 0.717) is 0 Å². The lowest BCUT2D eigenvalue weighted by Gasteiger charge is -2.28. The summed E-state index contributed by atoms with van der Waals surface area (Å²) in [5, 5.41) is 0. The molecule has 1 aromatic rings. The van der Waals surface area contributed by atoms with E-state index in [1.54, 1.807) is 0 Å². The summed E-state index contributed by atoms with van der Waals surface area (Å²) in [6, 6.07) is 0.00936. The molecular formula is C12H21N5O2S. The zero-order valence-corrected chi connectivity index (χ0v) is 12.4. The van der Waals surface area contributed by atoms with Crippen molar-refractivity contribution in [1.82, 2.24) is 14.7 Å². The Morgan fingerprint density at radius 3 is 2.35 bits per heavy atom. The Morgan fingerprint density at radius 1 is 1.25 bits per heavy atom. The van der Waals surface area contributed by atoms with Crippen molar-refractivity contribution in [1.29, 1.82) is 0 Å². The highest BCUT2D eigenvalue weighted by Gasteiger charge is 2.25. The van der Waals surface area contributed by atoms with E-state index < -0.39 is 10.0 Å². The van der Waals surface area contributed by atoms with E-state index in [9.17, 15) is 8.42 Å². The third-order valence-corrected chi connectivity index (χ3v) is 5.29. The number of nitrogen functional groups attached to an aromatic ring is 1. The van der Waals surface area contributed by atoms with Crippen LogP contribution in [0.5, 0.6) is 0 Å². The van der Waals surface area contributed by atoms with E-state index in [-0.39, 0.29) is 16.9 Å². The number of nitrogens with one attached hydrogen (secondary N) is 2. The highest BCUT2D eigenvalue weighted by atomic mass is 32.2. The van der Waals surface area contributed by atoms with E-state index in [1.807, 2.05) is 0 Å². The topological polar surface area (TPSA) is 110 Å². The van der Waals surface area contributed by atoms with E-state index in [0.717, 1.165) is 31.6 Å². The fourth-order valence-corrected chi connectivity index (χ4v) is 3.70. The van der Waals surface area contributed by atoms with Gasteiger partial charge < -0.3 is 0 Å². The van der Waals surface area contributed by atoms with Gasteiger partial charge in [0.1, 0.15) is 4.90 Å². The molecular weight excluding hydrogens is 278 g/mol. The summed E-state index contributed by atoms with van der Waals surface area (Å²) < 4.78 is 27.2. The van der Waals surface area contributed by atoms with Gasteiger partial charge in [0.25, 0.3) is 0 Å². The number of sulfonamides is 1. The Balaban J connectivity index is 2.00. The normalized spacial score (nSPS) is 23.5. The van der Waals surface area contributed by atoms with Crippen molar-refractivity contribution in [3.63, 3.8) is 0 Å². The van der Waals surface area contributed by atoms with Crippen molar-refractivity contribution in [2.24, 2.45) is 11.8 Å². The molecule has 0 bridgehead atoms. The minimum atomic E-state index is -3.55. The quantitative estimate of drug-likeness (QED) is 0.553. The first-order valence-electron chi connectivity index (χ1n) is 6.86. The van der Waals surface area contributed by atoms with Gasteiger partial charge in [-0.1, -0.05) is 13.3 Å². The van der Waals surface area contributed by atoms with Crippen LogP contribution in [0.3, 0.4) is 0 Å². The first kappa shape index (κ1) is 15.1. The lowest BCUT2D eigenvalue weighted by Crippen LogP contribution is -2.37. The number of nitrogens with two attached hydrogens (primary N) is 1. The molecule has 4 N–H and O–H groups in total. The molecule has 0 radical (unpaired) electrons. The lowest BCUT2D eigenvalue weighted by atomic mass is 9.85. The van der Waals surface area contributed by atoms with Gasteiger partial charge in [-0.25, -0.2) is 29.0 Å². The van der Waals surface area contributed by atoms with Crippen LogP contribution in [0.4, 0.5) is 5.95 Å². The molecule has 7 nitrogen and oxygen atoms in total. The average molecular weight is 299 g/mol. The van der Waals surface area contributed by atoms with Gasteiger partial charge in [-0.15, -0.1) is 0 Å². The van der Waals surface area contributed by atoms with Crippen molar-refractivity contribution < 1.29 is 8.42 Å². The number of rotatable bonds is 5. The standard InChI is InChI=1S/C12H21N5O2S/c1-2-9-3-5-10(6-4-9)17-20(18,19)11-7-14-12(16-13)15-8-11/h7-10,17H,2-6,13H2,1H3,(H,14,15,16). The van der Waals surface area contributed by atoms with Gasteiger partial charge >= 0.3 is 0 Å². The predicted molar refractivity (Wildman–Crippen MR) is 76.2 cm³/mol.